The molecule has 1 fully saturated rings. The number of nitrogens with zero attached hydrogens (tertiary/aromatic N) is 2. The summed E-state index contributed by atoms with van der Waals surface area (Å²) >= 11 is 9.28. The molecule has 7 heteroatoms. The van der Waals surface area contributed by atoms with Gasteiger partial charge in [0.05, 0.1) is 4.90 Å². The van der Waals surface area contributed by atoms with E-state index in [2.05, 4.69) is 27.8 Å². The lowest BCUT2D eigenvalue weighted by Crippen LogP contribution is -2.48. The van der Waals surface area contributed by atoms with Gasteiger partial charge in [0.1, 0.15) is 0 Å². The third-order valence-electron chi connectivity index (χ3n) is 3.83. The number of halogens is 2. The van der Waals surface area contributed by atoms with Crippen molar-refractivity contribution in [1.82, 2.24) is 9.21 Å². The largest absolute Gasteiger partial charge is 0.301 e. The van der Waals surface area contributed by atoms with Crippen LogP contribution in [0.15, 0.2) is 21.5 Å². The first kappa shape index (κ1) is 17.2. The van der Waals surface area contributed by atoms with Crippen LogP contribution >= 0.6 is 27.5 Å². The molecule has 0 aliphatic carbocycles. The maximum Gasteiger partial charge on any atom is 0.244 e. The number of hydrogen-bond donors (Lipinski definition) is 0. The van der Waals surface area contributed by atoms with Crippen LogP contribution < -0.4 is 0 Å². The molecular weight excluding hydrogens is 376 g/mol. The summed E-state index contributed by atoms with van der Waals surface area (Å²) in [5, 5.41) is 0. The summed E-state index contributed by atoms with van der Waals surface area (Å²) in [7, 11) is -3.48. The molecule has 0 aromatic heterocycles. The van der Waals surface area contributed by atoms with E-state index in [0.29, 0.717) is 28.3 Å². The molecule has 0 spiro atoms. The van der Waals surface area contributed by atoms with E-state index in [4.69, 9.17) is 11.6 Å². The zero-order valence-electron chi connectivity index (χ0n) is 12.3. The van der Waals surface area contributed by atoms with Crippen LogP contribution in [0, 0.1) is 6.92 Å². The molecule has 0 radical (unpaired) electrons. The number of sulfonamides is 1. The zero-order valence-corrected chi connectivity index (χ0v) is 15.4. The Morgan fingerprint density at radius 3 is 2.38 bits per heavy atom. The Labute approximate surface area is 140 Å². The highest BCUT2D eigenvalue weighted by Crippen LogP contribution is 2.30. The van der Waals surface area contributed by atoms with Gasteiger partial charge in [-0.2, -0.15) is 4.31 Å². The van der Waals surface area contributed by atoms with Gasteiger partial charge in [0.2, 0.25) is 10.0 Å². The lowest BCUT2D eigenvalue weighted by atomic mass is 10.2. The molecule has 0 unspecified atom stereocenters. The number of rotatable bonds is 4. The molecule has 0 bridgehead atoms. The number of likely N-dealkylation sites (N-methyl/N-ethyl adjacent to an activating group) is 1. The average Bonchev–Trinajstić information content (AvgIpc) is 2.49. The molecule has 1 aromatic carbocycles. The van der Waals surface area contributed by atoms with Crippen LogP contribution in [0.5, 0.6) is 0 Å². The van der Waals surface area contributed by atoms with E-state index >= 15 is 0 Å². The van der Waals surface area contributed by atoms with Crippen LogP contribution in [0.3, 0.4) is 0 Å². The number of benzene rings is 1. The highest BCUT2D eigenvalue weighted by molar-refractivity contribution is 9.10. The van der Waals surface area contributed by atoms with Crippen LogP contribution in [0.2, 0.25) is 0 Å². The second-order valence-corrected chi connectivity index (χ2v) is 8.16. The van der Waals surface area contributed by atoms with Gasteiger partial charge < -0.3 is 4.90 Å². The minimum atomic E-state index is -3.48. The molecule has 1 aliphatic heterocycles. The Balaban J connectivity index is 2.34. The maximum atomic E-state index is 12.9. The lowest BCUT2D eigenvalue weighted by Gasteiger charge is -2.33. The number of piperazine rings is 1. The van der Waals surface area contributed by atoms with Gasteiger partial charge >= 0.3 is 0 Å². The van der Waals surface area contributed by atoms with Crippen LogP contribution in [0.1, 0.15) is 18.1 Å². The summed E-state index contributed by atoms with van der Waals surface area (Å²) < 4.78 is 27.9. The molecule has 2 rings (SSSR count). The quantitative estimate of drug-likeness (QED) is 0.736. The molecule has 0 N–H and O–H groups in total. The fraction of sp³-hybridized carbons (Fsp3) is 0.571. The maximum absolute atomic E-state index is 12.9. The molecule has 21 heavy (non-hydrogen) atoms. The fourth-order valence-corrected chi connectivity index (χ4v) is 5.11. The Morgan fingerprint density at radius 1 is 1.24 bits per heavy atom. The summed E-state index contributed by atoms with van der Waals surface area (Å²) in [6.07, 6.45) is 0. The molecular formula is C14H20BrClN2O2S. The molecule has 0 saturated carbocycles. The van der Waals surface area contributed by atoms with Crippen molar-refractivity contribution in [2.24, 2.45) is 0 Å². The molecule has 1 aliphatic rings. The second kappa shape index (κ2) is 6.96. The van der Waals surface area contributed by atoms with Crippen LogP contribution in [0.25, 0.3) is 0 Å². The second-order valence-electron chi connectivity index (χ2n) is 5.20. The van der Waals surface area contributed by atoms with Crippen molar-refractivity contribution >= 4 is 37.6 Å². The van der Waals surface area contributed by atoms with Gasteiger partial charge in [-0.1, -0.05) is 13.0 Å². The van der Waals surface area contributed by atoms with Crippen LogP contribution in [-0.2, 0) is 15.9 Å². The molecule has 4 nitrogen and oxygen atoms in total. The Kier molecular flexibility index (Phi) is 5.71. The van der Waals surface area contributed by atoms with Crippen LogP contribution in [-0.4, -0.2) is 50.3 Å². The first-order valence-corrected chi connectivity index (χ1v) is 9.74. The minimum Gasteiger partial charge on any atom is -0.301 e. The van der Waals surface area contributed by atoms with Crippen molar-refractivity contribution in [3.63, 3.8) is 0 Å². The van der Waals surface area contributed by atoms with E-state index in [1.54, 1.807) is 10.4 Å². The number of alkyl halides is 1. The van der Waals surface area contributed by atoms with Crippen molar-refractivity contribution in [2.75, 3.05) is 32.7 Å². The SMILES string of the molecule is CCN1CCN(S(=O)(=O)c2cc(CCl)cc(C)c2Br)CC1. The fourth-order valence-electron chi connectivity index (χ4n) is 2.50. The zero-order chi connectivity index (χ0) is 15.6. The summed E-state index contributed by atoms with van der Waals surface area (Å²) in [5.74, 6) is 0.306. The van der Waals surface area contributed by atoms with Gasteiger partial charge in [-0.05, 0) is 46.6 Å². The first-order chi connectivity index (χ1) is 9.90. The molecule has 118 valence electrons. The van der Waals surface area contributed by atoms with Crippen molar-refractivity contribution in [2.45, 2.75) is 24.6 Å². The third kappa shape index (κ3) is 3.62. The summed E-state index contributed by atoms with van der Waals surface area (Å²) in [6.45, 7) is 7.56. The van der Waals surface area contributed by atoms with E-state index < -0.39 is 10.0 Å². The third-order valence-corrected chi connectivity index (χ3v) is 7.38. The van der Waals surface area contributed by atoms with Crippen molar-refractivity contribution < 1.29 is 8.42 Å². The van der Waals surface area contributed by atoms with Crippen LogP contribution in [0.4, 0.5) is 0 Å². The minimum absolute atomic E-state index is 0.306. The molecule has 1 heterocycles. The molecule has 1 aromatic rings. The monoisotopic (exact) mass is 394 g/mol. The molecule has 0 amide bonds. The average molecular weight is 396 g/mol. The first-order valence-electron chi connectivity index (χ1n) is 6.97. The highest BCUT2D eigenvalue weighted by atomic mass is 79.9. The van der Waals surface area contributed by atoms with Gasteiger partial charge in [-0.3, -0.25) is 0 Å². The van der Waals surface area contributed by atoms with E-state index in [1.807, 2.05) is 13.0 Å². The number of aryl methyl sites for hydroxylation is 1. The predicted molar refractivity (Wildman–Crippen MR) is 89.3 cm³/mol. The van der Waals surface area contributed by atoms with Gasteiger partial charge in [-0.25, -0.2) is 8.42 Å². The van der Waals surface area contributed by atoms with Gasteiger partial charge in [-0.15, -0.1) is 11.6 Å². The molecule has 1 saturated heterocycles. The lowest BCUT2D eigenvalue weighted by molar-refractivity contribution is 0.196. The van der Waals surface area contributed by atoms with Crippen molar-refractivity contribution in [1.29, 1.82) is 0 Å². The van der Waals surface area contributed by atoms with E-state index in [0.717, 1.165) is 30.8 Å². The molecule has 0 atom stereocenters. The summed E-state index contributed by atoms with van der Waals surface area (Å²) in [5.41, 5.74) is 1.71. The normalized spacial score (nSPS) is 18.1. The summed E-state index contributed by atoms with van der Waals surface area (Å²) in [4.78, 5) is 2.57. The Bertz CT molecular complexity index is 614. The van der Waals surface area contributed by atoms with E-state index in [-0.39, 0.29) is 0 Å². The Morgan fingerprint density at radius 2 is 1.86 bits per heavy atom. The topological polar surface area (TPSA) is 40.6 Å². The van der Waals surface area contributed by atoms with Gasteiger partial charge in [0.15, 0.2) is 0 Å². The van der Waals surface area contributed by atoms with Crippen molar-refractivity contribution in [3.05, 3.63) is 27.7 Å². The van der Waals surface area contributed by atoms with Crippen molar-refractivity contribution in [3.8, 4) is 0 Å². The predicted octanol–water partition coefficient (Wildman–Crippen LogP) is 2.82. The van der Waals surface area contributed by atoms with E-state index in [1.165, 1.54) is 0 Å². The Hall–Kier alpha value is -0.140. The van der Waals surface area contributed by atoms with Gasteiger partial charge in [0, 0.05) is 36.5 Å². The van der Waals surface area contributed by atoms with Gasteiger partial charge in [0.25, 0.3) is 0 Å². The van der Waals surface area contributed by atoms with E-state index in [9.17, 15) is 8.42 Å². The standard InChI is InChI=1S/C14H20BrClN2O2S/c1-3-17-4-6-18(7-5-17)21(19,20)13-9-12(10-16)8-11(2)14(13)15/h8-9H,3-7,10H2,1-2H3. The number of hydrogen-bond acceptors (Lipinski definition) is 3. The highest BCUT2D eigenvalue weighted by Gasteiger charge is 2.30. The summed E-state index contributed by atoms with van der Waals surface area (Å²) in [6, 6.07) is 3.58. The smallest absolute Gasteiger partial charge is 0.244 e.